The van der Waals surface area contributed by atoms with Crippen molar-refractivity contribution in [2.75, 3.05) is 5.32 Å². The van der Waals surface area contributed by atoms with Gasteiger partial charge in [-0.15, -0.1) is 0 Å². The molecule has 104 valence electrons. The zero-order chi connectivity index (χ0) is 14.5. The van der Waals surface area contributed by atoms with Crippen molar-refractivity contribution in [2.45, 2.75) is 26.9 Å². The molecule has 20 heavy (non-hydrogen) atoms. The Kier molecular flexibility index (Phi) is 4.35. The van der Waals surface area contributed by atoms with Gasteiger partial charge in [-0.1, -0.05) is 0 Å². The van der Waals surface area contributed by atoms with E-state index in [1.807, 2.05) is 51.1 Å². The van der Waals surface area contributed by atoms with Gasteiger partial charge in [0.05, 0.1) is 11.7 Å². The van der Waals surface area contributed by atoms with Crippen molar-refractivity contribution in [3.8, 4) is 5.75 Å². The maximum absolute atomic E-state index is 12.0. The Bertz CT molecular complexity index is 574. The summed E-state index contributed by atoms with van der Waals surface area (Å²) in [7, 11) is 0. The largest absolute Gasteiger partial charge is 0.491 e. The third-order valence-electron chi connectivity index (χ3n) is 2.66. The fraction of sp³-hybridized carbons (Fsp3) is 0.250. The van der Waals surface area contributed by atoms with Gasteiger partial charge >= 0.3 is 0 Å². The normalized spacial score (nSPS) is 10.4. The summed E-state index contributed by atoms with van der Waals surface area (Å²) < 4.78 is 5.55. The molecular weight excluding hydrogens is 252 g/mol. The van der Waals surface area contributed by atoms with Gasteiger partial charge in [0.1, 0.15) is 5.75 Å². The van der Waals surface area contributed by atoms with Crippen LogP contribution in [0.2, 0.25) is 0 Å². The molecule has 0 saturated carbocycles. The molecule has 0 aliphatic rings. The molecule has 0 aliphatic heterocycles. The molecule has 1 aromatic carbocycles. The molecule has 0 unspecified atom stereocenters. The molecule has 0 spiro atoms. The standard InChI is InChI=1S/C16H18N2O2/c1-11(2)20-15-8-6-14(7-9-15)18-16(19)13-5-4-12(3)17-10-13/h4-11H,1-3H3,(H,18,19). The van der Waals surface area contributed by atoms with Crippen molar-refractivity contribution < 1.29 is 9.53 Å². The van der Waals surface area contributed by atoms with Crippen LogP contribution in [-0.2, 0) is 0 Å². The summed E-state index contributed by atoms with van der Waals surface area (Å²) in [6, 6.07) is 10.9. The SMILES string of the molecule is Cc1ccc(C(=O)Nc2ccc(OC(C)C)cc2)cn1. The minimum Gasteiger partial charge on any atom is -0.491 e. The van der Waals surface area contributed by atoms with Crippen LogP contribution in [-0.4, -0.2) is 17.0 Å². The maximum atomic E-state index is 12.0. The topological polar surface area (TPSA) is 51.2 Å². The van der Waals surface area contributed by atoms with E-state index in [0.29, 0.717) is 5.56 Å². The molecule has 0 aliphatic carbocycles. The molecule has 1 aromatic heterocycles. The monoisotopic (exact) mass is 270 g/mol. The van der Waals surface area contributed by atoms with Gasteiger partial charge in [0.15, 0.2) is 0 Å². The van der Waals surface area contributed by atoms with Crippen molar-refractivity contribution in [1.29, 1.82) is 0 Å². The van der Waals surface area contributed by atoms with Crippen LogP contribution in [0, 0.1) is 6.92 Å². The molecule has 1 N–H and O–H groups in total. The Balaban J connectivity index is 2.02. The highest BCUT2D eigenvalue weighted by molar-refractivity contribution is 6.04. The molecule has 0 saturated heterocycles. The molecule has 0 bridgehead atoms. The predicted octanol–water partition coefficient (Wildman–Crippen LogP) is 3.43. The molecule has 1 heterocycles. The van der Waals surface area contributed by atoms with E-state index >= 15 is 0 Å². The Hall–Kier alpha value is -2.36. The number of amides is 1. The molecule has 4 nitrogen and oxygen atoms in total. The van der Waals surface area contributed by atoms with Crippen molar-refractivity contribution in [2.24, 2.45) is 0 Å². The number of pyridine rings is 1. The van der Waals surface area contributed by atoms with Crippen molar-refractivity contribution in [1.82, 2.24) is 4.98 Å². The number of ether oxygens (including phenoxy) is 1. The summed E-state index contributed by atoms with van der Waals surface area (Å²) >= 11 is 0. The Morgan fingerprint density at radius 1 is 1.15 bits per heavy atom. The van der Waals surface area contributed by atoms with Crippen molar-refractivity contribution >= 4 is 11.6 Å². The third-order valence-corrected chi connectivity index (χ3v) is 2.66. The van der Waals surface area contributed by atoms with E-state index < -0.39 is 0 Å². The third kappa shape index (κ3) is 3.82. The number of carbonyl (C=O) groups is 1. The molecule has 1 amide bonds. The number of hydrogen-bond donors (Lipinski definition) is 1. The summed E-state index contributed by atoms with van der Waals surface area (Å²) in [5.41, 5.74) is 2.15. The molecule has 2 rings (SSSR count). The Morgan fingerprint density at radius 2 is 1.85 bits per heavy atom. The second-order valence-corrected chi connectivity index (χ2v) is 4.83. The number of aryl methyl sites for hydroxylation is 1. The Labute approximate surface area is 118 Å². The Morgan fingerprint density at radius 3 is 2.40 bits per heavy atom. The molecule has 4 heteroatoms. The van der Waals surface area contributed by atoms with Crippen LogP contribution in [0.3, 0.4) is 0 Å². The summed E-state index contributed by atoms with van der Waals surface area (Å²) in [6.07, 6.45) is 1.70. The predicted molar refractivity (Wildman–Crippen MR) is 79.1 cm³/mol. The van der Waals surface area contributed by atoms with Gasteiger partial charge in [0.25, 0.3) is 5.91 Å². The first kappa shape index (κ1) is 14.1. The van der Waals surface area contributed by atoms with Gasteiger partial charge in [0.2, 0.25) is 0 Å². The molecule has 0 atom stereocenters. The van der Waals surface area contributed by atoms with Gasteiger partial charge in [-0.25, -0.2) is 0 Å². The molecule has 0 radical (unpaired) electrons. The van der Waals surface area contributed by atoms with Gasteiger partial charge in [-0.2, -0.15) is 0 Å². The summed E-state index contributed by atoms with van der Waals surface area (Å²) in [6.45, 7) is 5.83. The lowest BCUT2D eigenvalue weighted by molar-refractivity contribution is 0.102. The van der Waals surface area contributed by atoms with Crippen LogP contribution < -0.4 is 10.1 Å². The number of nitrogens with zero attached hydrogens (tertiary/aromatic N) is 1. The van der Waals surface area contributed by atoms with Gasteiger partial charge < -0.3 is 10.1 Å². The fourth-order valence-corrected chi connectivity index (χ4v) is 1.69. The minimum atomic E-state index is -0.171. The second kappa shape index (κ2) is 6.19. The zero-order valence-corrected chi connectivity index (χ0v) is 11.9. The van der Waals surface area contributed by atoms with Crippen LogP contribution >= 0.6 is 0 Å². The average molecular weight is 270 g/mol. The average Bonchev–Trinajstić information content (AvgIpc) is 2.41. The number of benzene rings is 1. The fourth-order valence-electron chi connectivity index (χ4n) is 1.69. The van der Waals surface area contributed by atoms with E-state index in [1.165, 1.54) is 0 Å². The quantitative estimate of drug-likeness (QED) is 0.926. The first-order chi connectivity index (χ1) is 9.54. The van der Waals surface area contributed by atoms with Crippen molar-refractivity contribution in [3.05, 3.63) is 53.9 Å². The number of rotatable bonds is 4. The van der Waals surface area contributed by atoms with E-state index in [9.17, 15) is 4.79 Å². The first-order valence-electron chi connectivity index (χ1n) is 6.55. The van der Waals surface area contributed by atoms with Gasteiger partial charge in [-0.3, -0.25) is 9.78 Å². The number of carbonyl (C=O) groups excluding carboxylic acids is 1. The zero-order valence-electron chi connectivity index (χ0n) is 11.9. The lowest BCUT2D eigenvalue weighted by Gasteiger charge is -2.10. The van der Waals surface area contributed by atoms with Crippen LogP contribution in [0.25, 0.3) is 0 Å². The summed E-state index contributed by atoms with van der Waals surface area (Å²) in [4.78, 5) is 16.1. The van der Waals surface area contributed by atoms with Crippen LogP contribution in [0.15, 0.2) is 42.6 Å². The van der Waals surface area contributed by atoms with Crippen LogP contribution in [0.5, 0.6) is 5.75 Å². The smallest absolute Gasteiger partial charge is 0.257 e. The van der Waals surface area contributed by atoms with Crippen LogP contribution in [0.4, 0.5) is 5.69 Å². The molecule has 2 aromatic rings. The number of hydrogen-bond acceptors (Lipinski definition) is 3. The highest BCUT2D eigenvalue weighted by atomic mass is 16.5. The summed E-state index contributed by atoms with van der Waals surface area (Å²) in [5, 5.41) is 2.82. The molecule has 0 fully saturated rings. The van der Waals surface area contributed by atoms with E-state index in [-0.39, 0.29) is 12.0 Å². The number of aromatic nitrogens is 1. The van der Waals surface area contributed by atoms with E-state index in [2.05, 4.69) is 10.3 Å². The first-order valence-corrected chi connectivity index (χ1v) is 6.55. The maximum Gasteiger partial charge on any atom is 0.257 e. The minimum absolute atomic E-state index is 0.133. The number of anilines is 1. The van der Waals surface area contributed by atoms with E-state index in [4.69, 9.17) is 4.74 Å². The van der Waals surface area contributed by atoms with Gasteiger partial charge in [0, 0.05) is 17.6 Å². The highest BCUT2D eigenvalue weighted by Crippen LogP contribution is 2.17. The lowest BCUT2D eigenvalue weighted by Crippen LogP contribution is -2.12. The van der Waals surface area contributed by atoms with Gasteiger partial charge in [-0.05, 0) is 57.2 Å². The van der Waals surface area contributed by atoms with E-state index in [0.717, 1.165) is 17.1 Å². The second-order valence-electron chi connectivity index (χ2n) is 4.83. The van der Waals surface area contributed by atoms with Crippen LogP contribution in [0.1, 0.15) is 29.9 Å². The van der Waals surface area contributed by atoms with Crippen molar-refractivity contribution in [3.63, 3.8) is 0 Å². The highest BCUT2D eigenvalue weighted by Gasteiger charge is 2.06. The lowest BCUT2D eigenvalue weighted by atomic mass is 10.2. The number of nitrogens with one attached hydrogen (secondary N) is 1. The molecular formula is C16H18N2O2. The summed E-state index contributed by atoms with van der Waals surface area (Å²) in [5.74, 6) is 0.616. The van der Waals surface area contributed by atoms with E-state index in [1.54, 1.807) is 12.3 Å².